The highest BCUT2D eigenvalue weighted by molar-refractivity contribution is 5.76. The molecule has 0 spiro atoms. The first-order valence-corrected chi connectivity index (χ1v) is 9.22. The molecule has 27 heavy (non-hydrogen) atoms. The zero-order chi connectivity index (χ0) is 18.6. The Morgan fingerprint density at radius 2 is 0.852 bits per heavy atom. The Hall–Kier alpha value is -3.32. The minimum absolute atomic E-state index is 0.912. The minimum atomic E-state index is 0.912. The van der Waals surface area contributed by atoms with E-state index in [0.29, 0.717) is 0 Å². The first kappa shape index (κ1) is 17.1. The fourth-order valence-corrected chi connectivity index (χ4v) is 3.37. The largest absolute Gasteiger partial charge is 0.456 e. The molecule has 0 radical (unpaired) electrons. The molecule has 0 N–H and O–H groups in total. The Bertz CT molecular complexity index is 963. The van der Waals surface area contributed by atoms with Crippen molar-refractivity contribution in [2.75, 3.05) is 0 Å². The summed E-state index contributed by atoms with van der Waals surface area (Å²) in [5.74, 6) is 1.82. The number of rotatable bonds is 4. The Kier molecular flexibility index (Phi) is 4.76. The van der Waals surface area contributed by atoms with E-state index in [4.69, 9.17) is 4.74 Å². The van der Waals surface area contributed by atoms with Crippen LogP contribution in [0.15, 0.2) is 97.1 Å². The second-order valence-electron chi connectivity index (χ2n) is 6.74. The molecule has 0 atom stereocenters. The lowest BCUT2D eigenvalue weighted by molar-refractivity contribution is 0.479. The van der Waals surface area contributed by atoms with Crippen molar-refractivity contribution in [3.05, 3.63) is 108 Å². The van der Waals surface area contributed by atoms with Gasteiger partial charge in [0.25, 0.3) is 0 Å². The maximum Gasteiger partial charge on any atom is 0.138 e. The highest BCUT2D eigenvalue weighted by Gasteiger charge is 2.15. The van der Waals surface area contributed by atoms with Gasteiger partial charge in [0.1, 0.15) is 11.5 Å². The van der Waals surface area contributed by atoms with E-state index in [1.807, 2.05) is 12.1 Å². The van der Waals surface area contributed by atoms with Crippen LogP contribution < -0.4 is 4.74 Å². The molecule has 0 aromatic heterocycles. The molecule has 0 fully saturated rings. The monoisotopic (exact) mass is 350 g/mol. The van der Waals surface area contributed by atoms with E-state index in [2.05, 4.69) is 98.8 Å². The first-order chi connectivity index (χ1) is 13.2. The molecule has 0 aliphatic heterocycles. The normalized spacial score (nSPS) is 10.6. The molecule has 4 rings (SSSR count). The molecule has 4 aromatic carbocycles. The van der Waals surface area contributed by atoms with E-state index in [1.54, 1.807) is 0 Å². The minimum Gasteiger partial charge on any atom is -0.456 e. The first-order valence-electron chi connectivity index (χ1n) is 9.22. The second kappa shape index (κ2) is 7.51. The van der Waals surface area contributed by atoms with Crippen molar-refractivity contribution >= 4 is 0 Å². The summed E-state index contributed by atoms with van der Waals surface area (Å²) in [5.41, 5.74) is 6.78. The quantitative estimate of drug-likeness (QED) is 0.372. The molecular formula is C26H22O. The third kappa shape index (κ3) is 3.50. The molecule has 1 nitrogen and oxygen atoms in total. The number of benzene rings is 4. The molecule has 0 heterocycles. The van der Waals surface area contributed by atoms with Gasteiger partial charge >= 0.3 is 0 Å². The van der Waals surface area contributed by atoms with Gasteiger partial charge in [-0.3, -0.25) is 0 Å². The van der Waals surface area contributed by atoms with Crippen LogP contribution in [0.5, 0.6) is 11.5 Å². The summed E-state index contributed by atoms with van der Waals surface area (Å²) in [6.07, 6.45) is 0. The number of aryl methyl sites for hydroxylation is 2. The topological polar surface area (TPSA) is 9.23 Å². The van der Waals surface area contributed by atoms with Crippen LogP contribution in [-0.4, -0.2) is 0 Å². The lowest BCUT2D eigenvalue weighted by Gasteiger charge is -2.18. The average molecular weight is 350 g/mol. The zero-order valence-corrected chi connectivity index (χ0v) is 15.6. The fraction of sp³-hybridized carbons (Fsp3) is 0.0769. The van der Waals surface area contributed by atoms with Gasteiger partial charge in [-0.1, -0.05) is 97.1 Å². The maximum absolute atomic E-state index is 6.61. The van der Waals surface area contributed by atoms with Crippen LogP contribution in [0.1, 0.15) is 11.1 Å². The van der Waals surface area contributed by atoms with Gasteiger partial charge in [0, 0.05) is 11.1 Å². The Balaban J connectivity index is 1.85. The predicted octanol–water partition coefficient (Wildman–Crippen LogP) is 7.43. The van der Waals surface area contributed by atoms with Crippen LogP contribution >= 0.6 is 0 Å². The van der Waals surface area contributed by atoms with Gasteiger partial charge in [0.2, 0.25) is 0 Å². The van der Waals surface area contributed by atoms with Gasteiger partial charge in [-0.25, -0.2) is 0 Å². The number of hydrogen-bond donors (Lipinski definition) is 0. The molecule has 0 unspecified atom stereocenters. The summed E-state index contributed by atoms with van der Waals surface area (Å²) in [6, 6.07) is 33.4. The molecule has 0 saturated carbocycles. The molecule has 4 aromatic rings. The van der Waals surface area contributed by atoms with E-state index in [9.17, 15) is 0 Å². The van der Waals surface area contributed by atoms with E-state index in [1.165, 1.54) is 0 Å². The van der Waals surface area contributed by atoms with Crippen LogP contribution in [0.4, 0.5) is 0 Å². The third-order valence-corrected chi connectivity index (χ3v) is 4.80. The molecule has 0 bridgehead atoms. The van der Waals surface area contributed by atoms with Crippen LogP contribution in [0.2, 0.25) is 0 Å². The van der Waals surface area contributed by atoms with E-state index in [0.717, 1.165) is 44.9 Å². The smallest absolute Gasteiger partial charge is 0.138 e. The lowest BCUT2D eigenvalue weighted by Crippen LogP contribution is -1.95. The Morgan fingerprint density at radius 3 is 1.26 bits per heavy atom. The summed E-state index contributed by atoms with van der Waals surface area (Å²) in [7, 11) is 0. The van der Waals surface area contributed by atoms with Gasteiger partial charge < -0.3 is 4.74 Å². The van der Waals surface area contributed by atoms with Crippen molar-refractivity contribution in [3.8, 4) is 33.8 Å². The summed E-state index contributed by atoms with van der Waals surface area (Å²) in [6.45, 7) is 4.20. The van der Waals surface area contributed by atoms with E-state index < -0.39 is 0 Å². The van der Waals surface area contributed by atoms with Crippen LogP contribution in [0.25, 0.3) is 22.3 Å². The van der Waals surface area contributed by atoms with Gasteiger partial charge in [-0.15, -0.1) is 0 Å². The highest BCUT2D eigenvalue weighted by Crippen LogP contribution is 2.41. The summed E-state index contributed by atoms with van der Waals surface area (Å²) in [5, 5.41) is 0. The van der Waals surface area contributed by atoms with Crippen molar-refractivity contribution in [2.45, 2.75) is 13.8 Å². The molecule has 0 aliphatic carbocycles. The molecule has 0 amide bonds. The zero-order valence-electron chi connectivity index (χ0n) is 15.6. The number of ether oxygens (including phenoxy) is 1. The average Bonchev–Trinajstić information content (AvgIpc) is 2.72. The van der Waals surface area contributed by atoms with Gasteiger partial charge in [-0.2, -0.15) is 0 Å². The third-order valence-electron chi connectivity index (χ3n) is 4.80. The van der Waals surface area contributed by atoms with Crippen molar-refractivity contribution in [1.29, 1.82) is 0 Å². The molecule has 1 heteroatoms. The van der Waals surface area contributed by atoms with E-state index in [-0.39, 0.29) is 0 Å². The SMILES string of the molecule is Cc1cccc(-c2ccccc2)c1Oc1c(C)cccc1-c1ccccc1. The predicted molar refractivity (Wildman–Crippen MR) is 113 cm³/mol. The lowest BCUT2D eigenvalue weighted by atomic mass is 10.00. The standard InChI is InChI=1S/C26H22O/c1-19-11-9-17-23(21-13-5-3-6-14-21)25(19)27-26-20(2)12-10-18-24(26)22-15-7-4-8-16-22/h3-18H,1-2H3. The summed E-state index contributed by atoms with van der Waals surface area (Å²) < 4.78 is 6.61. The fourth-order valence-electron chi connectivity index (χ4n) is 3.37. The molecular weight excluding hydrogens is 328 g/mol. The number of para-hydroxylation sites is 2. The summed E-state index contributed by atoms with van der Waals surface area (Å²) in [4.78, 5) is 0. The highest BCUT2D eigenvalue weighted by atomic mass is 16.5. The molecule has 132 valence electrons. The number of hydrogen-bond acceptors (Lipinski definition) is 1. The van der Waals surface area contributed by atoms with Crippen molar-refractivity contribution in [2.24, 2.45) is 0 Å². The second-order valence-corrected chi connectivity index (χ2v) is 6.74. The molecule has 0 saturated heterocycles. The van der Waals surface area contributed by atoms with E-state index >= 15 is 0 Å². The van der Waals surface area contributed by atoms with Gasteiger partial charge in [-0.05, 0) is 36.1 Å². The van der Waals surface area contributed by atoms with Crippen molar-refractivity contribution in [1.82, 2.24) is 0 Å². The van der Waals surface area contributed by atoms with Crippen LogP contribution in [0.3, 0.4) is 0 Å². The van der Waals surface area contributed by atoms with Crippen molar-refractivity contribution in [3.63, 3.8) is 0 Å². The Labute approximate surface area is 160 Å². The Morgan fingerprint density at radius 1 is 0.444 bits per heavy atom. The molecule has 0 aliphatic rings. The van der Waals surface area contributed by atoms with Crippen molar-refractivity contribution < 1.29 is 4.74 Å². The maximum atomic E-state index is 6.61. The van der Waals surface area contributed by atoms with Crippen LogP contribution in [0, 0.1) is 13.8 Å². The van der Waals surface area contributed by atoms with Gasteiger partial charge in [0.15, 0.2) is 0 Å². The van der Waals surface area contributed by atoms with Gasteiger partial charge in [0.05, 0.1) is 0 Å². The summed E-state index contributed by atoms with van der Waals surface area (Å²) >= 11 is 0. The van der Waals surface area contributed by atoms with Crippen LogP contribution in [-0.2, 0) is 0 Å².